The van der Waals surface area contributed by atoms with Crippen LogP contribution < -0.4 is 15.4 Å². The first-order chi connectivity index (χ1) is 18.0. The van der Waals surface area contributed by atoms with Gasteiger partial charge in [-0.15, -0.1) is 0 Å². The number of nitrogens with two attached hydrogens (primary N) is 1. The largest absolute Gasteiger partial charge is 0.370 e. The molecule has 38 heavy (non-hydrogen) atoms. The highest BCUT2D eigenvalue weighted by atomic mass is 35.5. The molecule has 1 aliphatic rings. The minimum atomic E-state index is -3.66. The molecular formula is C27H28Cl2N4O4S. The van der Waals surface area contributed by atoms with Gasteiger partial charge in [0.2, 0.25) is 15.9 Å². The molecule has 11 heteroatoms. The standard InChI is InChI=1S/C27H28Cl2N4O4S/c1-38(36,37)33(23-4-2-3-20(15-23)27(35)31-14-13-25(30)34)24-16-32(17-24)26(18-5-9-21(28)10-6-18)19-7-11-22(29)12-8-19/h2-12,15,24,26H,13-14,16-17H2,1H3,(H2,30,34)(H,31,35). The number of benzene rings is 3. The summed E-state index contributed by atoms with van der Waals surface area (Å²) in [5, 5.41) is 3.89. The highest BCUT2D eigenvalue weighted by molar-refractivity contribution is 7.92. The Bertz CT molecular complexity index is 1360. The topological polar surface area (TPSA) is 113 Å². The van der Waals surface area contributed by atoms with E-state index >= 15 is 0 Å². The quantitative estimate of drug-likeness (QED) is 0.382. The van der Waals surface area contributed by atoms with Crippen LogP contribution in [0.15, 0.2) is 72.8 Å². The van der Waals surface area contributed by atoms with Crippen molar-refractivity contribution in [1.82, 2.24) is 10.2 Å². The average Bonchev–Trinajstić information content (AvgIpc) is 2.83. The summed E-state index contributed by atoms with van der Waals surface area (Å²) < 4.78 is 27.2. The molecule has 200 valence electrons. The highest BCUT2D eigenvalue weighted by Crippen LogP contribution is 2.36. The van der Waals surface area contributed by atoms with Gasteiger partial charge in [0.15, 0.2) is 0 Å². The molecule has 0 spiro atoms. The molecule has 1 fully saturated rings. The number of halogens is 2. The summed E-state index contributed by atoms with van der Waals surface area (Å²) in [4.78, 5) is 25.7. The molecule has 8 nitrogen and oxygen atoms in total. The molecule has 0 atom stereocenters. The molecule has 2 amide bonds. The maximum Gasteiger partial charge on any atom is 0.251 e. The fourth-order valence-corrected chi connectivity index (χ4v) is 6.03. The third kappa shape index (κ3) is 6.66. The number of rotatable bonds is 10. The summed E-state index contributed by atoms with van der Waals surface area (Å²) in [6, 6.07) is 21.2. The molecule has 0 bridgehead atoms. The number of hydrogen-bond donors (Lipinski definition) is 2. The van der Waals surface area contributed by atoms with Crippen LogP contribution >= 0.6 is 23.2 Å². The number of sulfonamides is 1. The summed E-state index contributed by atoms with van der Waals surface area (Å²) in [5.41, 5.74) is 7.86. The molecule has 0 aliphatic carbocycles. The van der Waals surface area contributed by atoms with Gasteiger partial charge in [-0.3, -0.25) is 18.8 Å². The Morgan fingerprint density at radius 3 is 2.05 bits per heavy atom. The predicted molar refractivity (Wildman–Crippen MR) is 150 cm³/mol. The molecule has 1 heterocycles. The van der Waals surface area contributed by atoms with Gasteiger partial charge < -0.3 is 11.1 Å². The number of nitrogens with one attached hydrogen (secondary N) is 1. The minimum Gasteiger partial charge on any atom is -0.370 e. The fourth-order valence-electron chi connectivity index (χ4n) is 4.61. The maximum absolute atomic E-state index is 12.9. The van der Waals surface area contributed by atoms with Gasteiger partial charge in [0.1, 0.15) is 0 Å². The van der Waals surface area contributed by atoms with E-state index in [1.165, 1.54) is 4.31 Å². The van der Waals surface area contributed by atoms with Gasteiger partial charge in [0.05, 0.1) is 24.0 Å². The molecule has 1 saturated heterocycles. The Hall–Kier alpha value is -3.11. The van der Waals surface area contributed by atoms with E-state index in [1.54, 1.807) is 24.3 Å². The van der Waals surface area contributed by atoms with E-state index in [9.17, 15) is 18.0 Å². The van der Waals surface area contributed by atoms with E-state index in [-0.39, 0.29) is 30.6 Å². The summed E-state index contributed by atoms with van der Waals surface area (Å²) >= 11 is 12.2. The number of amides is 2. The van der Waals surface area contributed by atoms with Crippen molar-refractivity contribution >= 4 is 50.7 Å². The molecule has 0 aromatic heterocycles. The van der Waals surface area contributed by atoms with Crippen LogP contribution in [0.1, 0.15) is 33.9 Å². The van der Waals surface area contributed by atoms with Crippen LogP contribution in [0.25, 0.3) is 0 Å². The molecule has 3 N–H and O–H groups in total. The normalized spacial score (nSPS) is 14.2. The Balaban J connectivity index is 1.57. The lowest BCUT2D eigenvalue weighted by atomic mass is 9.93. The third-order valence-electron chi connectivity index (χ3n) is 6.34. The lowest BCUT2D eigenvalue weighted by molar-refractivity contribution is -0.117. The number of hydrogen-bond acceptors (Lipinski definition) is 5. The van der Waals surface area contributed by atoms with Crippen molar-refractivity contribution in [2.75, 3.05) is 30.2 Å². The molecule has 1 aliphatic heterocycles. The highest BCUT2D eigenvalue weighted by Gasteiger charge is 2.40. The smallest absolute Gasteiger partial charge is 0.251 e. The molecule has 0 saturated carbocycles. The Kier molecular flexibility index (Phi) is 8.62. The van der Waals surface area contributed by atoms with E-state index in [0.29, 0.717) is 28.8 Å². The zero-order chi connectivity index (χ0) is 27.4. The van der Waals surface area contributed by atoms with Gasteiger partial charge in [0, 0.05) is 41.7 Å². The van der Waals surface area contributed by atoms with Crippen molar-refractivity contribution < 1.29 is 18.0 Å². The van der Waals surface area contributed by atoms with Crippen LogP contribution in [0.4, 0.5) is 5.69 Å². The first-order valence-electron chi connectivity index (χ1n) is 11.9. The average molecular weight is 576 g/mol. The third-order valence-corrected chi connectivity index (χ3v) is 8.06. The van der Waals surface area contributed by atoms with E-state index in [4.69, 9.17) is 28.9 Å². The minimum absolute atomic E-state index is 0.0151. The Labute approximate surface area is 232 Å². The monoisotopic (exact) mass is 574 g/mol. The van der Waals surface area contributed by atoms with Crippen LogP contribution in [-0.4, -0.2) is 57.1 Å². The van der Waals surface area contributed by atoms with Crippen molar-refractivity contribution in [2.45, 2.75) is 18.5 Å². The van der Waals surface area contributed by atoms with E-state index in [0.717, 1.165) is 17.4 Å². The van der Waals surface area contributed by atoms with Crippen molar-refractivity contribution in [3.63, 3.8) is 0 Å². The van der Waals surface area contributed by atoms with Crippen molar-refractivity contribution in [2.24, 2.45) is 5.73 Å². The van der Waals surface area contributed by atoms with Crippen LogP contribution in [-0.2, 0) is 14.8 Å². The lowest BCUT2D eigenvalue weighted by Gasteiger charge is -2.48. The molecule has 3 aromatic rings. The lowest BCUT2D eigenvalue weighted by Crippen LogP contribution is -2.61. The number of primary amides is 1. The van der Waals surface area contributed by atoms with E-state index in [2.05, 4.69) is 10.2 Å². The first kappa shape index (κ1) is 27.9. The fraction of sp³-hybridized carbons (Fsp3) is 0.259. The van der Waals surface area contributed by atoms with Gasteiger partial charge in [-0.1, -0.05) is 53.5 Å². The maximum atomic E-state index is 12.9. The number of nitrogens with zero attached hydrogens (tertiary/aromatic N) is 2. The molecule has 4 rings (SSSR count). The van der Waals surface area contributed by atoms with Gasteiger partial charge in [-0.05, 0) is 53.6 Å². The second-order valence-corrected chi connectivity index (χ2v) is 11.9. The van der Waals surface area contributed by atoms with Crippen molar-refractivity contribution in [3.05, 3.63) is 99.5 Å². The second kappa shape index (κ2) is 11.7. The summed E-state index contributed by atoms with van der Waals surface area (Å²) in [7, 11) is -3.66. The molecule has 3 aromatic carbocycles. The van der Waals surface area contributed by atoms with Gasteiger partial charge in [-0.25, -0.2) is 8.42 Å². The first-order valence-corrected chi connectivity index (χ1v) is 14.5. The van der Waals surface area contributed by atoms with Crippen LogP contribution in [0.5, 0.6) is 0 Å². The number of likely N-dealkylation sites (tertiary alicyclic amines) is 1. The summed E-state index contributed by atoms with van der Waals surface area (Å²) in [6.07, 6.45) is 1.17. The van der Waals surface area contributed by atoms with E-state index in [1.807, 2.05) is 48.5 Å². The summed E-state index contributed by atoms with van der Waals surface area (Å²) in [6.45, 7) is 1.04. The van der Waals surface area contributed by atoms with Crippen LogP contribution in [0.3, 0.4) is 0 Å². The number of anilines is 1. The molecule has 0 unspecified atom stereocenters. The SMILES string of the molecule is CS(=O)(=O)N(c1cccc(C(=O)NCCC(N)=O)c1)C1CN(C(c2ccc(Cl)cc2)c2ccc(Cl)cc2)C1. The van der Waals surface area contributed by atoms with Crippen LogP contribution in [0.2, 0.25) is 10.0 Å². The Morgan fingerprint density at radius 2 is 1.55 bits per heavy atom. The molecule has 0 radical (unpaired) electrons. The second-order valence-electron chi connectivity index (χ2n) is 9.19. The van der Waals surface area contributed by atoms with Gasteiger partial charge in [-0.2, -0.15) is 0 Å². The predicted octanol–water partition coefficient (Wildman–Crippen LogP) is 3.84. The van der Waals surface area contributed by atoms with E-state index < -0.39 is 21.8 Å². The van der Waals surface area contributed by atoms with Gasteiger partial charge >= 0.3 is 0 Å². The van der Waals surface area contributed by atoms with Crippen LogP contribution in [0, 0.1) is 0 Å². The number of carbonyl (C=O) groups excluding carboxylic acids is 2. The van der Waals surface area contributed by atoms with Gasteiger partial charge in [0.25, 0.3) is 5.91 Å². The van der Waals surface area contributed by atoms with Crippen molar-refractivity contribution in [1.29, 1.82) is 0 Å². The van der Waals surface area contributed by atoms with Crippen molar-refractivity contribution in [3.8, 4) is 0 Å². The zero-order valence-electron chi connectivity index (χ0n) is 20.7. The number of carbonyl (C=O) groups is 2. The Morgan fingerprint density at radius 1 is 1.00 bits per heavy atom. The molecular weight excluding hydrogens is 547 g/mol. The summed E-state index contributed by atoms with van der Waals surface area (Å²) in [5.74, 6) is -0.935. The zero-order valence-corrected chi connectivity index (χ0v) is 23.0.